The lowest BCUT2D eigenvalue weighted by molar-refractivity contribution is -0.385. The molecule has 0 unspecified atom stereocenters. The summed E-state index contributed by atoms with van der Waals surface area (Å²) in [4.78, 5) is 37.4. The van der Waals surface area contributed by atoms with Crippen molar-refractivity contribution in [2.45, 2.75) is 6.42 Å². The van der Waals surface area contributed by atoms with E-state index >= 15 is 0 Å². The van der Waals surface area contributed by atoms with E-state index in [9.17, 15) is 19.7 Å². The second-order valence-corrected chi connectivity index (χ2v) is 5.81. The van der Waals surface area contributed by atoms with Gasteiger partial charge >= 0.3 is 0 Å². The maximum Gasteiger partial charge on any atom is 0.277 e. The predicted molar refractivity (Wildman–Crippen MR) is 90.7 cm³/mol. The van der Waals surface area contributed by atoms with Crippen LogP contribution in [0.25, 0.3) is 5.57 Å². The van der Waals surface area contributed by atoms with Crippen LogP contribution in [0, 0.1) is 10.1 Å². The van der Waals surface area contributed by atoms with Crippen LogP contribution in [-0.4, -0.2) is 23.3 Å². The van der Waals surface area contributed by atoms with Crippen molar-refractivity contribution >= 4 is 28.8 Å². The molecule has 2 aliphatic heterocycles. The van der Waals surface area contributed by atoms with Crippen LogP contribution in [0.3, 0.4) is 0 Å². The molecule has 0 saturated heterocycles. The van der Waals surface area contributed by atoms with Crippen molar-refractivity contribution in [1.82, 2.24) is 5.32 Å². The van der Waals surface area contributed by atoms with E-state index in [0.717, 1.165) is 17.7 Å². The number of rotatable bonds is 3. The second kappa shape index (κ2) is 5.55. The van der Waals surface area contributed by atoms with Crippen LogP contribution < -0.4 is 10.2 Å². The molecule has 1 N–H and O–H groups in total. The molecular weight excluding hydrogens is 322 g/mol. The summed E-state index contributed by atoms with van der Waals surface area (Å²) in [6.45, 7) is 0.541. The molecule has 2 amide bonds. The van der Waals surface area contributed by atoms with Crippen LogP contribution >= 0.6 is 0 Å². The molecule has 0 saturated carbocycles. The van der Waals surface area contributed by atoms with Gasteiger partial charge in [0.15, 0.2) is 0 Å². The van der Waals surface area contributed by atoms with Crippen LogP contribution in [0.1, 0.15) is 11.1 Å². The standard InChI is InChI=1S/C18H13N3O4/c22-17-15(12-6-2-4-8-14(12)21(24)25)16(18(23)19-17)20-10-9-11-5-1-3-7-13(11)20/h1-8H,9-10H2,(H,19,22,23). The van der Waals surface area contributed by atoms with E-state index < -0.39 is 16.7 Å². The summed E-state index contributed by atoms with van der Waals surface area (Å²) in [5, 5.41) is 13.6. The van der Waals surface area contributed by atoms with E-state index in [1.807, 2.05) is 24.3 Å². The Kier molecular flexibility index (Phi) is 3.35. The number of hydrogen-bond acceptors (Lipinski definition) is 5. The molecule has 7 heteroatoms. The summed E-state index contributed by atoms with van der Waals surface area (Å²) in [5.74, 6) is -1.14. The maximum absolute atomic E-state index is 12.4. The number of nitro benzene ring substituents is 1. The Balaban J connectivity index is 1.94. The van der Waals surface area contributed by atoms with E-state index in [1.54, 1.807) is 11.0 Å². The van der Waals surface area contributed by atoms with Gasteiger partial charge in [-0.15, -0.1) is 0 Å². The van der Waals surface area contributed by atoms with Crippen molar-refractivity contribution in [2.24, 2.45) is 0 Å². The number of carbonyl (C=O) groups is 2. The molecule has 124 valence electrons. The van der Waals surface area contributed by atoms with Crippen molar-refractivity contribution in [2.75, 3.05) is 11.4 Å². The first kappa shape index (κ1) is 15.1. The van der Waals surface area contributed by atoms with Crippen molar-refractivity contribution in [1.29, 1.82) is 0 Å². The number of nitro groups is 1. The van der Waals surface area contributed by atoms with E-state index in [-0.39, 0.29) is 22.5 Å². The molecule has 0 spiro atoms. The molecule has 2 aliphatic rings. The highest BCUT2D eigenvalue weighted by molar-refractivity contribution is 6.37. The minimum atomic E-state index is -0.612. The van der Waals surface area contributed by atoms with Crippen molar-refractivity contribution in [3.8, 4) is 0 Å². The zero-order valence-corrected chi connectivity index (χ0v) is 13.1. The van der Waals surface area contributed by atoms with Gasteiger partial charge in [-0.1, -0.05) is 30.3 Å². The molecule has 0 bridgehead atoms. The van der Waals surface area contributed by atoms with Gasteiger partial charge in [-0.3, -0.25) is 25.0 Å². The summed E-state index contributed by atoms with van der Waals surface area (Å²) in [6.07, 6.45) is 0.741. The molecule has 2 aromatic rings. The topological polar surface area (TPSA) is 92.6 Å². The molecular formula is C18H13N3O4. The van der Waals surface area contributed by atoms with Gasteiger partial charge in [-0.2, -0.15) is 0 Å². The normalized spacial score (nSPS) is 16.2. The van der Waals surface area contributed by atoms with E-state index in [4.69, 9.17) is 0 Å². The number of benzene rings is 2. The fraction of sp³-hybridized carbons (Fsp3) is 0.111. The first-order valence-electron chi connectivity index (χ1n) is 7.77. The molecule has 0 aliphatic carbocycles. The second-order valence-electron chi connectivity index (χ2n) is 5.81. The largest absolute Gasteiger partial charge is 0.336 e. The average Bonchev–Trinajstić information content (AvgIpc) is 3.14. The van der Waals surface area contributed by atoms with E-state index in [0.29, 0.717) is 6.54 Å². The van der Waals surface area contributed by atoms with Gasteiger partial charge in [0.2, 0.25) is 0 Å². The quantitative estimate of drug-likeness (QED) is 0.526. The number of nitrogens with zero attached hydrogens (tertiary/aromatic N) is 2. The van der Waals surface area contributed by atoms with Gasteiger partial charge in [-0.25, -0.2) is 0 Å². The Labute approximate surface area is 142 Å². The highest BCUT2D eigenvalue weighted by Crippen LogP contribution is 2.37. The summed E-state index contributed by atoms with van der Waals surface area (Å²) in [5.41, 5.74) is 2.09. The monoisotopic (exact) mass is 335 g/mol. The third kappa shape index (κ3) is 2.28. The van der Waals surface area contributed by atoms with Crippen LogP contribution in [0.4, 0.5) is 11.4 Å². The van der Waals surface area contributed by atoms with Crippen molar-refractivity contribution < 1.29 is 14.5 Å². The van der Waals surface area contributed by atoms with Gasteiger partial charge in [0, 0.05) is 18.3 Å². The number of anilines is 1. The fourth-order valence-corrected chi connectivity index (χ4v) is 3.37. The van der Waals surface area contributed by atoms with Gasteiger partial charge < -0.3 is 4.90 Å². The maximum atomic E-state index is 12.4. The lowest BCUT2D eigenvalue weighted by Gasteiger charge is -2.20. The number of nitrogens with one attached hydrogen (secondary N) is 1. The SMILES string of the molecule is O=C1NC(=O)C(N2CCc3ccccc32)=C1c1ccccc1[N+](=O)[O-]. The number of para-hydroxylation sites is 2. The molecule has 0 atom stereocenters. The summed E-state index contributed by atoms with van der Waals surface area (Å²) in [7, 11) is 0. The molecule has 4 rings (SSSR count). The number of amides is 2. The smallest absolute Gasteiger partial charge is 0.277 e. The Hall–Kier alpha value is -3.48. The molecule has 2 aromatic carbocycles. The number of imide groups is 1. The van der Waals surface area contributed by atoms with Gasteiger partial charge in [-0.05, 0) is 24.1 Å². The Morgan fingerprint density at radius 2 is 1.72 bits per heavy atom. The zero-order chi connectivity index (χ0) is 17.6. The number of hydrogen-bond donors (Lipinski definition) is 1. The molecule has 2 heterocycles. The molecule has 0 radical (unpaired) electrons. The van der Waals surface area contributed by atoms with E-state index in [2.05, 4.69) is 5.32 Å². The van der Waals surface area contributed by atoms with Crippen LogP contribution in [0.15, 0.2) is 54.2 Å². The minimum absolute atomic E-state index is 0.0500. The fourth-order valence-electron chi connectivity index (χ4n) is 3.37. The summed E-state index contributed by atoms with van der Waals surface area (Å²) < 4.78 is 0. The van der Waals surface area contributed by atoms with Gasteiger partial charge in [0.1, 0.15) is 5.70 Å². The van der Waals surface area contributed by atoms with E-state index in [1.165, 1.54) is 18.2 Å². The first-order chi connectivity index (χ1) is 12.1. The summed E-state index contributed by atoms with van der Waals surface area (Å²) in [6, 6.07) is 13.6. The van der Waals surface area contributed by atoms with Crippen molar-refractivity contribution in [3.63, 3.8) is 0 Å². The number of fused-ring (bicyclic) bond motifs is 1. The predicted octanol–water partition coefficient (Wildman–Crippen LogP) is 2.02. The van der Waals surface area contributed by atoms with Crippen LogP contribution in [-0.2, 0) is 16.0 Å². The molecule has 25 heavy (non-hydrogen) atoms. The minimum Gasteiger partial charge on any atom is -0.336 e. The van der Waals surface area contributed by atoms with Crippen LogP contribution in [0.2, 0.25) is 0 Å². The highest BCUT2D eigenvalue weighted by atomic mass is 16.6. The van der Waals surface area contributed by atoms with Gasteiger partial charge in [0.25, 0.3) is 17.5 Å². The Bertz CT molecular complexity index is 964. The molecule has 7 nitrogen and oxygen atoms in total. The molecule has 0 fully saturated rings. The molecule has 0 aromatic heterocycles. The lowest BCUT2D eigenvalue weighted by Crippen LogP contribution is -2.29. The highest BCUT2D eigenvalue weighted by Gasteiger charge is 2.39. The van der Waals surface area contributed by atoms with Crippen molar-refractivity contribution in [3.05, 3.63) is 75.5 Å². The lowest BCUT2D eigenvalue weighted by atomic mass is 10.0. The summed E-state index contributed by atoms with van der Waals surface area (Å²) >= 11 is 0. The van der Waals surface area contributed by atoms with Crippen LogP contribution in [0.5, 0.6) is 0 Å². The zero-order valence-electron chi connectivity index (χ0n) is 13.1. The Morgan fingerprint density at radius 3 is 2.52 bits per heavy atom. The average molecular weight is 335 g/mol. The van der Waals surface area contributed by atoms with Gasteiger partial charge in [0.05, 0.1) is 16.1 Å². The Morgan fingerprint density at radius 1 is 1.00 bits per heavy atom. The number of carbonyl (C=O) groups excluding carboxylic acids is 2. The first-order valence-corrected chi connectivity index (χ1v) is 7.77. The third-order valence-electron chi connectivity index (χ3n) is 4.43. The third-order valence-corrected chi connectivity index (χ3v) is 4.43.